The minimum absolute atomic E-state index is 0.234. The van der Waals surface area contributed by atoms with Gasteiger partial charge in [-0.3, -0.25) is 9.89 Å². The largest absolute Gasteiger partial charge is 0.395 e. The monoisotopic (exact) mass is 260 g/mol. The molecule has 0 spiro atoms. The molecule has 100 valence electrons. The predicted molar refractivity (Wildman–Crippen MR) is 70.2 cm³/mol. The van der Waals surface area contributed by atoms with Crippen LogP contribution in [-0.2, 0) is 13.0 Å². The Hall–Kier alpha value is -2.44. The van der Waals surface area contributed by atoms with Gasteiger partial charge in [0.2, 0.25) is 0 Å². The van der Waals surface area contributed by atoms with E-state index >= 15 is 0 Å². The highest BCUT2D eigenvalue weighted by atomic mass is 16.1. The van der Waals surface area contributed by atoms with E-state index in [2.05, 4.69) is 25.5 Å². The summed E-state index contributed by atoms with van der Waals surface area (Å²) in [6.07, 6.45) is 4.77. The van der Waals surface area contributed by atoms with Crippen molar-refractivity contribution in [1.82, 2.24) is 25.5 Å². The Kier molecular flexibility index (Phi) is 4.07. The molecule has 7 heteroatoms. The van der Waals surface area contributed by atoms with Crippen molar-refractivity contribution in [3.63, 3.8) is 0 Å². The molecule has 2 aromatic rings. The second-order valence-corrected chi connectivity index (χ2v) is 4.10. The smallest absolute Gasteiger partial charge is 0.274 e. The first-order chi connectivity index (χ1) is 9.22. The number of aromatic amines is 1. The molecule has 0 saturated carbocycles. The molecule has 0 radical (unpaired) electrons. The minimum atomic E-state index is -0.310. The molecule has 2 rings (SSSR count). The molecule has 0 bridgehead atoms. The minimum Gasteiger partial charge on any atom is -0.395 e. The molecule has 0 aliphatic rings. The number of anilines is 1. The van der Waals surface area contributed by atoms with Crippen LogP contribution in [0.4, 0.5) is 5.69 Å². The van der Waals surface area contributed by atoms with Crippen molar-refractivity contribution in [2.24, 2.45) is 0 Å². The number of nitrogens with zero attached hydrogens (tertiary/aromatic N) is 3. The molecule has 0 fully saturated rings. The molecule has 7 nitrogen and oxygen atoms in total. The molecule has 2 heterocycles. The van der Waals surface area contributed by atoms with Gasteiger partial charge in [0.25, 0.3) is 5.91 Å². The summed E-state index contributed by atoms with van der Waals surface area (Å²) in [6.45, 7) is 2.35. The molecular weight excluding hydrogens is 244 g/mol. The van der Waals surface area contributed by atoms with Crippen LogP contribution in [0.15, 0.2) is 18.6 Å². The van der Waals surface area contributed by atoms with Gasteiger partial charge in [-0.25, -0.2) is 9.97 Å². The van der Waals surface area contributed by atoms with E-state index in [0.29, 0.717) is 12.2 Å². The number of carbonyl (C=O) groups is 1. The van der Waals surface area contributed by atoms with Crippen LogP contribution in [0.2, 0.25) is 0 Å². The summed E-state index contributed by atoms with van der Waals surface area (Å²) in [4.78, 5) is 19.8. The molecule has 0 unspecified atom stereocenters. The molecule has 2 aromatic heterocycles. The zero-order chi connectivity index (χ0) is 13.7. The Labute approximate surface area is 110 Å². The van der Waals surface area contributed by atoms with Crippen LogP contribution in [0.25, 0.3) is 0 Å². The maximum Gasteiger partial charge on any atom is 0.274 e. The number of nitrogens with one attached hydrogen (secondary N) is 2. The predicted octanol–water partition coefficient (Wildman–Crippen LogP) is 0.664. The van der Waals surface area contributed by atoms with Gasteiger partial charge in [0.15, 0.2) is 5.69 Å². The normalized spacial score (nSPS) is 10.4. The highest BCUT2D eigenvalue weighted by Gasteiger charge is 2.16. The van der Waals surface area contributed by atoms with E-state index in [1.54, 1.807) is 12.3 Å². The lowest BCUT2D eigenvalue weighted by Crippen LogP contribution is -2.24. The lowest BCUT2D eigenvalue weighted by molar-refractivity contribution is 0.0946. The van der Waals surface area contributed by atoms with Crippen LogP contribution in [-0.4, -0.2) is 26.1 Å². The Bertz CT molecular complexity index is 551. The highest BCUT2D eigenvalue weighted by Crippen LogP contribution is 2.15. The van der Waals surface area contributed by atoms with Gasteiger partial charge in [-0.2, -0.15) is 5.10 Å². The van der Waals surface area contributed by atoms with Crippen molar-refractivity contribution in [2.75, 3.05) is 5.73 Å². The maximum atomic E-state index is 11.9. The number of hydrogen-bond donors (Lipinski definition) is 3. The zero-order valence-electron chi connectivity index (χ0n) is 10.7. The number of H-pyrrole nitrogens is 1. The summed E-state index contributed by atoms with van der Waals surface area (Å²) in [6, 6.07) is 1.73. The lowest BCUT2D eigenvalue weighted by Gasteiger charge is -2.03. The Morgan fingerprint density at radius 2 is 2.37 bits per heavy atom. The van der Waals surface area contributed by atoms with E-state index in [1.807, 2.05) is 6.92 Å². The molecule has 4 N–H and O–H groups in total. The van der Waals surface area contributed by atoms with Gasteiger partial charge in [0.05, 0.1) is 23.6 Å². The highest BCUT2D eigenvalue weighted by molar-refractivity contribution is 5.97. The lowest BCUT2D eigenvalue weighted by atomic mass is 10.2. The fraction of sp³-hybridized carbons (Fsp3) is 0.333. The van der Waals surface area contributed by atoms with Crippen LogP contribution in [0.1, 0.15) is 35.2 Å². The standard InChI is InChI=1S/C12H16N6O/c1-2-3-9-10(13)11(18-17-9)12(19)15-6-8-4-5-14-7-16-8/h4-5,7H,2-3,6,13H2,1H3,(H,15,19)(H,17,18). The van der Waals surface area contributed by atoms with E-state index in [9.17, 15) is 4.79 Å². The summed E-state index contributed by atoms with van der Waals surface area (Å²) >= 11 is 0. The van der Waals surface area contributed by atoms with Gasteiger partial charge < -0.3 is 11.1 Å². The van der Waals surface area contributed by atoms with Crippen molar-refractivity contribution in [2.45, 2.75) is 26.3 Å². The van der Waals surface area contributed by atoms with Gasteiger partial charge in [-0.05, 0) is 12.5 Å². The number of rotatable bonds is 5. The van der Waals surface area contributed by atoms with Crippen LogP contribution < -0.4 is 11.1 Å². The number of nitrogen functional groups attached to an aromatic ring is 1. The Morgan fingerprint density at radius 1 is 1.53 bits per heavy atom. The average Bonchev–Trinajstić information content (AvgIpc) is 2.79. The molecule has 1 amide bonds. The summed E-state index contributed by atoms with van der Waals surface area (Å²) in [7, 11) is 0. The Morgan fingerprint density at radius 3 is 3.05 bits per heavy atom. The second kappa shape index (κ2) is 5.94. The van der Waals surface area contributed by atoms with E-state index < -0.39 is 0 Å². The van der Waals surface area contributed by atoms with Crippen molar-refractivity contribution in [3.05, 3.63) is 35.7 Å². The number of aryl methyl sites for hydroxylation is 1. The number of nitrogens with two attached hydrogens (primary N) is 1. The quantitative estimate of drug-likeness (QED) is 0.731. The number of aromatic nitrogens is 4. The van der Waals surface area contributed by atoms with Crippen molar-refractivity contribution >= 4 is 11.6 Å². The van der Waals surface area contributed by atoms with Gasteiger partial charge in [0, 0.05) is 6.20 Å². The van der Waals surface area contributed by atoms with Crippen LogP contribution in [0.5, 0.6) is 0 Å². The molecule has 0 aromatic carbocycles. The van der Waals surface area contributed by atoms with Crippen molar-refractivity contribution in [3.8, 4) is 0 Å². The molecule has 0 saturated heterocycles. The van der Waals surface area contributed by atoms with Gasteiger partial charge >= 0.3 is 0 Å². The van der Waals surface area contributed by atoms with E-state index in [4.69, 9.17) is 5.73 Å². The SMILES string of the molecule is CCCc1[nH]nc(C(=O)NCc2ccncn2)c1N. The first kappa shape index (κ1) is 13.0. The second-order valence-electron chi connectivity index (χ2n) is 4.10. The Balaban J connectivity index is 2.00. The van der Waals surface area contributed by atoms with E-state index in [1.165, 1.54) is 6.33 Å². The van der Waals surface area contributed by atoms with Crippen molar-refractivity contribution < 1.29 is 4.79 Å². The third-order valence-corrected chi connectivity index (χ3v) is 2.67. The summed E-state index contributed by atoms with van der Waals surface area (Å²) in [5.74, 6) is -0.310. The summed E-state index contributed by atoms with van der Waals surface area (Å²) < 4.78 is 0. The number of amides is 1. The van der Waals surface area contributed by atoms with Gasteiger partial charge in [-0.1, -0.05) is 13.3 Å². The topological polar surface area (TPSA) is 110 Å². The summed E-state index contributed by atoms with van der Waals surface area (Å²) in [5, 5.41) is 9.46. The number of carbonyl (C=O) groups excluding carboxylic acids is 1. The molecule has 0 aliphatic heterocycles. The first-order valence-corrected chi connectivity index (χ1v) is 6.08. The van der Waals surface area contributed by atoms with Gasteiger partial charge in [-0.15, -0.1) is 0 Å². The maximum absolute atomic E-state index is 11.9. The van der Waals surface area contributed by atoms with Crippen LogP contribution >= 0.6 is 0 Å². The van der Waals surface area contributed by atoms with Crippen molar-refractivity contribution in [1.29, 1.82) is 0 Å². The third kappa shape index (κ3) is 3.06. The van der Waals surface area contributed by atoms with Gasteiger partial charge in [0.1, 0.15) is 6.33 Å². The average molecular weight is 260 g/mol. The fourth-order valence-corrected chi connectivity index (χ4v) is 1.68. The van der Waals surface area contributed by atoms with Crippen LogP contribution in [0.3, 0.4) is 0 Å². The summed E-state index contributed by atoms with van der Waals surface area (Å²) in [5.41, 5.74) is 8.06. The fourth-order valence-electron chi connectivity index (χ4n) is 1.68. The molecule has 0 aliphatic carbocycles. The number of hydrogen-bond acceptors (Lipinski definition) is 5. The van der Waals surface area contributed by atoms with E-state index in [0.717, 1.165) is 24.2 Å². The molecule has 0 atom stereocenters. The zero-order valence-corrected chi connectivity index (χ0v) is 10.7. The first-order valence-electron chi connectivity index (χ1n) is 6.08. The van der Waals surface area contributed by atoms with Crippen LogP contribution in [0, 0.1) is 0 Å². The molecule has 19 heavy (non-hydrogen) atoms. The molecular formula is C12H16N6O. The van der Waals surface area contributed by atoms with E-state index in [-0.39, 0.29) is 11.6 Å². The third-order valence-electron chi connectivity index (χ3n) is 2.67.